The summed E-state index contributed by atoms with van der Waals surface area (Å²) in [5.74, 6) is 1.52. The normalized spacial score (nSPS) is 40.1. The average molecular weight is 150 g/mol. The van der Waals surface area contributed by atoms with Gasteiger partial charge in [-0.1, -0.05) is 11.6 Å². The Balaban J connectivity index is 2.26. The van der Waals surface area contributed by atoms with Crippen LogP contribution >= 0.6 is 0 Å². The predicted molar refractivity (Wildman–Crippen MR) is 44.2 cm³/mol. The van der Waals surface area contributed by atoms with Gasteiger partial charge < -0.3 is 0 Å². The Hall–Kier alpha value is -0.590. The van der Waals surface area contributed by atoms with Crippen LogP contribution in [0.3, 0.4) is 0 Å². The van der Waals surface area contributed by atoms with Crippen molar-refractivity contribution < 1.29 is 4.79 Å². The van der Waals surface area contributed by atoms with Crippen molar-refractivity contribution in [3.63, 3.8) is 0 Å². The molecule has 2 unspecified atom stereocenters. The number of hydrogen-bond donors (Lipinski definition) is 0. The maximum absolute atomic E-state index is 11.4. The fraction of sp³-hybridized carbons (Fsp3) is 0.700. The number of carbonyl (C=O) groups excluding carboxylic acids is 1. The first-order valence-electron chi connectivity index (χ1n) is 4.49. The highest BCUT2D eigenvalue weighted by Gasteiger charge is 2.36. The lowest BCUT2D eigenvalue weighted by atomic mass is 9.67. The van der Waals surface area contributed by atoms with Gasteiger partial charge in [0.1, 0.15) is 5.78 Å². The number of Topliss-reactive ketones (excluding diaryl/α,β-unsaturated/α-hetero) is 1. The van der Waals surface area contributed by atoms with Gasteiger partial charge in [0, 0.05) is 12.3 Å². The minimum absolute atomic E-state index is 0.324. The van der Waals surface area contributed by atoms with Crippen molar-refractivity contribution in [2.75, 3.05) is 0 Å². The summed E-state index contributed by atoms with van der Waals surface area (Å²) in [5, 5.41) is 0. The Kier molecular flexibility index (Phi) is 1.59. The van der Waals surface area contributed by atoms with Crippen molar-refractivity contribution in [3.8, 4) is 0 Å². The van der Waals surface area contributed by atoms with Crippen LogP contribution in [0.5, 0.6) is 0 Å². The van der Waals surface area contributed by atoms with Gasteiger partial charge in [0.25, 0.3) is 0 Å². The molecule has 0 aromatic heterocycles. The Morgan fingerprint density at radius 2 is 2.18 bits per heavy atom. The Labute approximate surface area is 67.5 Å². The van der Waals surface area contributed by atoms with E-state index in [4.69, 9.17) is 0 Å². The van der Waals surface area contributed by atoms with E-state index in [0.717, 1.165) is 12.8 Å². The molecule has 0 amide bonds. The Morgan fingerprint density at radius 1 is 1.36 bits per heavy atom. The lowest BCUT2D eigenvalue weighted by Gasteiger charge is -2.36. The second-order valence-electron chi connectivity index (χ2n) is 3.73. The van der Waals surface area contributed by atoms with E-state index in [1.165, 1.54) is 18.4 Å². The third-order valence-corrected chi connectivity index (χ3v) is 3.08. The second-order valence-corrected chi connectivity index (χ2v) is 3.73. The van der Waals surface area contributed by atoms with E-state index in [0.29, 0.717) is 17.6 Å². The lowest BCUT2D eigenvalue weighted by Crippen LogP contribution is -2.33. The molecule has 0 radical (unpaired) electrons. The number of fused-ring (bicyclic) bond motifs is 3. The monoisotopic (exact) mass is 150 g/mol. The second kappa shape index (κ2) is 2.47. The third kappa shape index (κ3) is 1.03. The number of ketones is 1. The molecule has 2 bridgehead atoms. The summed E-state index contributed by atoms with van der Waals surface area (Å²) in [6.45, 7) is 2.06. The maximum Gasteiger partial charge on any atom is 0.140 e. The smallest absolute Gasteiger partial charge is 0.140 e. The molecule has 11 heavy (non-hydrogen) atoms. The zero-order valence-electron chi connectivity index (χ0n) is 6.97. The molecule has 3 fully saturated rings. The van der Waals surface area contributed by atoms with Gasteiger partial charge in [-0.15, -0.1) is 0 Å². The fourth-order valence-corrected chi connectivity index (χ4v) is 2.45. The van der Waals surface area contributed by atoms with Crippen LogP contribution in [0.2, 0.25) is 0 Å². The van der Waals surface area contributed by atoms with E-state index < -0.39 is 0 Å². The minimum Gasteiger partial charge on any atom is -0.299 e. The van der Waals surface area contributed by atoms with E-state index >= 15 is 0 Å². The van der Waals surface area contributed by atoms with E-state index in [9.17, 15) is 4.79 Å². The SMILES string of the molecule is C/C=C1/CC2CCC1C(=O)C2. The molecule has 0 saturated heterocycles. The third-order valence-electron chi connectivity index (χ3n) is 3.08. The van der Waals surface area contributed by atoms with Crippen LogP contribution in [-0.4, -0.2) is 5.78 Å². The van der Waals surface area contributed by atoms with Gasteiger partial charge in [-0.05, 0) is 32.1 Å². The van der Waals surface area contributed by atoms with Gasteiger partial charge in [-0.3, -0.25) is 4.79 Å². The maximum atomic E-state index is 11.4. The quantitative estimate of drug-likeness (QED) is 0.484. The number of carbonyl (C=O) groups is 1. The van der Waals surface area contributed by atoms with Crippen LogP contribution in [0.1, 0.15) is 32.6 Å². The molecule has 3 aliphatic rings. The molecule has 0 heterocycles. The van der Waals surface area contributed by atoms with E-state index in [-0.39, 0.29) is 0 Å². The van der Waals surface area contributed by atoms with Crippen LogP contribution in [0.4, 0.5) is 0 Å². The highest BCUT2D eigenvalue weighted by molar-refractivity contribution is 5.86. The van der Waals surface area contributed by atoms with Crippen molar-refractivity contribution in [2.45, 2.75) is 32.6 Å². The minimum atomic E-state index is 0.324. The molecular weight excluding hydrogens is 136 g/mol. The van der Waals surface area contributed by atoms with Crippen LogP contribution < -0.4 is 0 Å². The average Bonchev–Trinajstić information content (AvgIpc) is 2.04. The zero-order valence-corrected chi connectivity index (χ0v) is 6.97. The summed E-state index contributed by atoms with van der Waals surface area (Å²) in [6.07, 6.45) is 6.62. The topological polar surface area (TPSA) is 17.1 Å². The highest BCUT2D eigenvalue weighted by Crippen LogP contribution is 2.42. The molecule has 0 spiro atoms. The summed E-state index contributed by atoms with van der Waals surface area (Å²) in [7, 11) is 0. The molecular formula is C10H14O. The molecule has 60 valence electrons. The predicted octanol–water partition coefficient (Wildman–Crippen LogP) is 2.32. The van der Waals surface area contributed by atoms with Crippen molar-refractivity contribution in [1.82, 2.24) is 0 Å². The van der Waals surface area contributed by atoms with Crippen molar-refractivity contribution in [3.05, 3.63) is 11.6 Å². The summed E-state index contributed by atoms with van der Waals surface area (Å²) < 4.78 is 0. The molecule has 0 aromatic carbocycles. The van der Waals surface area contributed by atoms with Crippen molar-refractivity contribution in [1.29, 1.82) is 0 Å². The molecule has 0 aromatic rings. The summed E-state index contributed by atoms with van der Waals surface area (Å²) >= 11 is 0. The molecule has 3 saturated carbocycles. The van der Waals surface area contributed by atoms with Gasteiger partial charge in [0.2, 0.25) is 0 Å². The number of allylic oxidation sites excluding steroid dienone is 2. The molecule has 1 nitrogen and oxygen atoms in total. The zero-order chi connectivity index (χ0) is 7.84. The van der Waals surface area contributed by atoms with Gasteiger partial charge in [0.15, 0.2) is 0 Å². The molecule has 0 N–H and O–H groups in total. The Morgan fingerprint density at radius 3 is 2.64 bits per heavy atom. The molecule has 1 heteroatoms. The molecule has 3 aliphatic carbocycles. The fourth-order valence-electron chi connectivity index (χ4n) is 2.45. The Bertz CT molecular complexity index is 215. The lowest BCUT2D eigenvalue weighted by molar-refractivity contribution is -0.126. The van der Waals surface area contributed by atoms with E-state index in [1.54, 1.807) is 0 Å². The molecule has 2 atom stereocenters. The molecule has 3 rings (SSSR count). The standard InChI is InChI=1S/C10H14O/c1-2-8-5-7-3-4-9(8)10(11)6-7/h2,7,9H,3-6H2,1H3/b8-2-. The summed E-state index contributed by atoms with van der Waals surface area (Å²) in [5.41, 5.74) is 1.41. The van der Waals surface area contributed by atoms with Crippen LogP contribution in [0, 0.1) is 11.8 Å². The van der Waals surface area contributed by atoms with Crippen molar-refractivity contribution in [2.24, 2.45) is 11.8 Å². The number of rotatable bonds is 0. The van der Waals surface area contributed by atoms with Crippen LogP contribution in [0.15, 0.2) is 11.6 Å². The van der Waals surface area contributed by atoms with Crippen LogP contribution in [-0.2, 0) is 4.79 Å². The summed E-state index contributed by atoms with van der Waals surface area (Å²) in [6, 6.07) is 0. The van der Waals surface area contributed by atoms with Gasteiger partial charge >= 0.3 is 0 Å². The van der Waals surface area contributed by atoms with Gasteiger partial charge in [0.05, 0.1) is 0 Å². The summed E-state index contributed by atoms with van der Waals surface area (Å²) in [4.78, 5) is 11.4. The van der Waals surface area contributed by atoms with E-state index in [2.05, 4.69) is 13.0 Å². The van der Waals surface area contributed by atoms with E-state index in [1.807, 2.05) is 0 Å². The number of hydrogen-bond acceptors (Lipinski definition) is 1. The van der Waals surface area contributed by atoms with Gasteiger partial charge in [-0.2, -0.15) is 0 Å². The van der Waals surface area contributed by atoms with Crippen molar-refractivity contribution >= 4 is 5.78 Å². The largest absolute Gasteiger partial charge is 0.299 e. The first kappa shape index (κ1) is 7.08. The molecule has 0 aliphatic heterocycles. The first-order valence-corrected chi connectivity index (χ1v) is 4.49. The first-order chi connectivity index (χ1) is 5.31. The van der Waals surface area contributed by atoms with Crippen LogP contribution in [0.25, 0.3) is 0 Å². The van der Waals surface area contributed by atoms with Gasteiger partial charge in [-0.25, -0.2) is 0 Å². The highest BCUT2D eigenvalue weighted by atomic mass is 16.1.